The number of carbonyl (C=O) groups excluding carboxylic acids is 1. The van der Waals surface area contributed by atoms with Gasteiger partial charge in [0.05, 0.1) is 11.4 Å². The van der Waals surface area contributed by atoms with E-state index in [4.69, 9.17) is 10.7 Å². The number of nitrogens with zero attached hydrogens (tertiary/aromatic N) is 1. The highest BCUT2D eigenvalue weighted by Crippen LogP contribution is 2.48. The molecule has 0 fully saturated rings. The van der Waals surface area contributed by atoms with Crippen molar-refractivity contribution in [1.29, 1.82) is 0 Å². The maximum Gasteiger partial charge on any atom is 0.205 e. The van der Waals surface area contributed by atoms with Crippen molar-refractivity contribution in [2.24, 2.45) is 0 Å². The second kappa shape index (κ2) is 7.81. The SMILES string of the molecule is Nc1c(C(=O)c2ccccc2)sc2nc3c(c(-c4cccs4)c12)CC/C3=C\c1cccs1. The Morgan fingerprint density at radius 3 is 2.53 bits per heavy atom. The third-order valence-corrected chi connectivity index (χ3v) is 8.60. The quantitative estimate of drug-likeness (QED) is 0.279. The number of anilines is 1. The lowest BCUT2D eigenvalue weighted by molar-refractivity contribution is 0.104. The molecule has 0 aliphatic heterocycles. The van der Waals surface area contributed by atoms with Gasteiger partial charge in [0.1, 0.15) is 9.71 Å². The summed E-state index contributed by atoms with van der Waals surface area (Å²) < 4.78 is 0. The number of hydrogen-bond acceptors (Lipinski definition) is 6. The second-order valence-corrected chi connectivity index (χ2v) is 10.6. The molecule has 32 heavy (non-hydrogen) atoms. The Labute approximate surface area is 197 Å². The highest BCUT2D eigenvalue weighted by molar-refractivity contribution is 7.21. The number of fused-ring (bicyclic) bond motifs is 2. The molecular weight excluding hydrogens is 453 g/mol. The number of pyridine rings is 1. The Balaban J connectivity index is 1.60. The number of ketones is 1. The molecule has 4 aromatic heterocycles. The predicted molar refractivity (Wildman–Crippen MR) is 138 cm³/mol. The van der Waals surface area contributed by atoms with Crippen LogP contribution in [0, 0.1) is 0 Å². The lowest BCUT2D eigenvalue weighted by Gasteiger charge is -2.10. The molecule has 0 radical (unpaired) electrons. The number of allylic oxidation sites excluding steroid dienone is 1. The third-order valence-electron chi connectivity index (χ3n) is 5.80. The topological polar surface area (TPSA) is 56.0 Å². The van der Waals surface area contributed by atoms with Gasteiger partial charge in [0.2, 0.25) is 5.78 Å². The first-order chi connectivity index (χ1) is 15.7. The van der Waals surface area contributed by atoms with Gasteiger partial charge < -0.3 is 5.73 Å². The molecule has 5 aromatic rings. The highest BCUT2D eigenvalue weighted by Gasteiger charge is 2.29. The Hall–Kier alpha value is -3.06. The number of carbonyl (C=O) groups is 1. The van der Waals surface area contributed by atoms with Gasteiger partial charge in [-0.2, -0.15) is 0 Å². The third kappa shape index (κ3) is 3.14. The van der Waals surface area contributed by atoms with Gasteiger partial charge in [0, 0.05) is 26.3 Å². The van der Waals surface area contributed by atoms with Gasteiger partial charge in [-0.3, -0.25) is 4.79 Å². The second-order valence-electron chi connectivity index (χ2n) is 7.70. The van der Waals surface area contributed by atoms with Crippen LogP contribution in [0.1, 0.15) is 37.8 Å². The van der Waals surface area contributed by atoms with Crippen LogP contribution in [0.2, 0.25) is 0 Å². The van der Waals surface area contributed by atoms with Crippen LogP contribution in [0.25, 0.3) is 32.3 Å². The molecule has 0 saturated heterocycles. The fourth-order valence-electron chi connectivity index (χ4n) is 4.34. The minimum absolute atomic E-state index is 0.0438. The molecule has 0 bridgehead atoms. The van der Waals surface area contributed by atoms with Crippen LogP contribution in [-0.4, -0.2) is 10.8 Å². The summed E-state index contributed by atoms with van der Waals surface area (Å²) in [7, 11) is 0. The minimum atomic E-state index is -0.0438. The molecule has 1 aliphatic carbocycles. The van der Waals surface area contributed by atoms with Gasteiger partial charge in [0.25, 0.3) is 0 Å². The molecular formula is C26H18N2OS3. The Kier molecular flexibility index (Phi) is 4.79. The fraction of sp³-hybridized carbons (Fsp3) is 0.0769. The fourth-order valence-corrected chi connectivity index (χ4v) is 6.90. The smallest absolute Gasteiger partial charge is 0.205 e. The van der Waals surface area contributed by atoms with E-state index in [9.17, 15) is 4.79 Å². The number of rotatable bonds is 4. The first-order valence-corrected chi connectivity index (χ1v) is 12.9. The number of hydrogen-bond donors (Lipinski definition) is 1. The van der Waals surface area contributed by atoms with Crippen molar-refractivity contribution < 1.29 is 4.79 Å². The summed E-state index contributed by atoms with van der Waals surface area (Å²) in [6.45, 7) is 0. The molecule has 6 rings (SSSR count). The molecule has 0 atom stereocenters. The van der Waals surface area contributed by atoms with Gasteiger partial charge >= 0.3 is 0 Å². The van der Waals surface area contributed by atoms with Crippen molar-refractivity contribution in [2.45, 2.75) is 12.8 Å². The zero-order valence-electron chi connectivity index (χ0n) is 17.0. The van der Waals surface area contributed by atoms with E-state index in [0.29, 0.717) is 16.1 Å². The van der Waals surface area contributed by atoms with Gasteiger partial charge in [-0.05, 0) is 52.9 Å². The lowest BCUT2D eigenvalue weighted by atomic mass is 10.00. The summed E-state index contributed by atoms with van der Waals surface area (Å²) in [5.74, 6) is -0.0438. The van der Waals surface area contributed by atoms with E-state index in [1.807, 2.05) is 30.3 Å². The van der Waals surface area contributed by atoms with Crippen molar-refractivity contribution in [3.8, 4) is 10.4 Å². The summed E-state index contributed by atoms with van der Waals surface area (Å²) in [6, 6.07) is 17.7. The van der Waals surface area contributed by atoms with E-state index >= 15 is 0 Å². The summed E-state index contributed by atoms with van der Waals surface area (Å²) in [6.07, 6.45) is 4.14. The standard InChI is InChI=1S/C26H18N2OS3/c27-22-21-20(19-9-5-13-31-19)18-11-10-16(14-17-8-4-12-30-17)23(18)28-26(21)32-25(22)24(29)15-6-2-1-3-7-15/h1-9,12-14H,10-11,27H2/b16-14+. The van der Waals surface area contributed by atoms with E-state index < -0.39 is 0 Å². The lowest BCUT2D eigenvalue weighted by Crippen LogP contribution is -2.02. The highest BCUT2D eigenvalue weighted by atomic mass is 32.1. The van der Waals surface area contributed by atoms with E-state index in [2.05, 4.69) is 41.1 Å². The zero-order valence-corrected chi connectivity index (χ0v) is 19.4. The maximum absolute atomic E-state index is 13.3. The van der Waals surface area contributed by atoms with Crippen molar-refractivity contribution in [2.75, 3.05) is 5.73 Å². The normalized spacial score (nSPS) is 14.3. The Morgan fingerprint density at radius 1 is 0.969 bits per heavy atom. The molecule has 1 aromatic carbocycles. The molecule has 6 heteroatoms. The van der Waals surface area contributed by atoms with Crippen molar-refractivity contribution in [3.63, 3.8) is 0 Å². The molecule has 4 heterocycles. The van der Waals surface area contributed by atoms with E-state index in [1.165, 1.54) is 32.2 Å². The molecule has 1 aliphatic rings. The maximum atomic E-state index is 13.3. The number of nitrogen functional groups attached to an aromatic ring is 1. The summed E-state index contributed by atoms with van der Waals surface area (Å²) >= 11 is 4.85. The van der Waals surface area contributed by atoms with Crippen LogP contribution >= 0.6 is 34.0 Å². The molecule has 0 saturated carbocycles. The van der Waals surface area contributed by atoms with Crippen LogP contribution in [0.5, 0.6) is 0 Å². The summed E-state index contributed by atoms with van der Waals surface area (Å²) in [5, 5.41) is 5.11. The van der Waals surface area contributed by atoms with Gasteiger partial charge in [0.15, 0.2) is 0 Å². The molecule has 0 unspecified atom stereocenters. The van der Waals surface area contributed by atoms with Crippen molar-refractivity contribution in [1.82, 2.24) is 4.98 Å². The average Bonchev–Trinajstić information content (AvgIpc) is 3.62. The van der Waals surface area contributed by atoms with E-state index in [1.54, 1.807) is 22.7 Å². The van der Waals surface area contributed by atoms with Crippen molar-refractivity contribution in [3.05, 3.63) is 91.9 Å². The van der Waals surface area contributed by atoms with Crippen LogP contribution in [0.4, 0.5) is 5.69 Å². The van der Waals surface area contributed by atoms with Gasteiger partial charge in [-0.15, -0.1) is 34.0 Å². The Bertz CT molecular complexity index is 1480. The molecule has 3 nitrogen and oxygen atoms in total. The van der Waals surface area contributed by atoms with Crippen LogP contribution in [-0.2, 0) is 6.42 Å². The van der Waals surface area contributed by atoms with Gasteiger partial charge in [-0.1, -0.05) is 42.5 Å². The molecule has 0 spiro atoms. The largest absolute Gasteiger partial charge is 0.397 e. The Morgan fingerprint density at radius 2 is 1.78 bits per heavy atom. The van der Waals surface area contributed by atoms with Crippen LogP contribution in [0.3, 0.4) is 0 Å². The molecule has 2 N–H and O–H groups in total. The van der Waals surface area contributed by atoms with Crippen LogP contribution < -0.4 is 5.73 Å². The van der Waals surface area contributed by atoms with Crippen LogP contribution in [0.15, 0.2) is 65.4 Å². The monoisotopic (exact) mass is 470 g/mol. The summed E-state index contributed by atoms with van der Waals surface area (Å²) in [5.41, 5.74) is 12.6. The first-order valence-electron chi connectivity index (χ1n) is 10.3. The molecule has 0 amide bonds. The number of benzene rings is 1. The van der Waals surface area contributed by atoms with E-state index in [-0.39, 0.29) is 5.78 Å². The number of aromatic nitrogens is 1. The minimum Gasteiger partial charge on any atom is -0.397 e. The van der Waals surface area contributed by atoms with E-state index in [0.717, 1.165) is 34.3 Å². The predicted octanol–water partition coefficient (Wildman–Crippen LogP) is 7.39. The van der Waals surface area contributed by atoms with Crippen molar-refractivity contribution >= 4 is 67.3 Å². The first kappa shape index (κ1) is 19.6. The van der Waals surface area contributed by atoms with Gasteiger partial charge in [-0.25, -0.2) is 4.98 Å². The number of nitrogens with two attached hydrogens (primary N) is 1. The number of thiophene rings is 3. The zero-order chi connectivity index (χ0) is 21.7. The average molecular weight is 471 g/mol. The molecule has 156 valence electrons. The summed E-state index contributed by atoms with van der Waals surface area (Å²) in [4.78, 5) is 22.2.